The number of thioether (sulfide) groups is 1. The smallest absolute Gasteiger partial charge is 0.280 e. The number of benzene rings is 3. The van der Waals surface area contributed by atoms with Gasteiger partial charge in [0.15, 0.2) is 11.0 Å². The molecule has 0 radical (unpaired) electrons. The summed E-state index contributed by atoms with van der Waals surface area (Å²) in [7, 11) is 0. The van der Waals surface area contributed by atoms with Crippen LogP contribution in [0.1, 0.15) is 35.3 Å². The van der Waals surface area contributed by atoms with Crippen LogP contribution in [0.25, 0.3) is 17.1 Å². The van der Waals surface area contributed by atoms with Gasteiger partial charge < -0.3 is 5.32 Å². The molecule has 8 nitrogen and oxygen atoms in total. The number of carbonyl (C=O) groups excluding carboxylic acids is 1. The summed E-state index contributed by atoms with van der Waals surface area (Å²) in [6.45, 7) is 6.74. The van der Waals surface area contributed by atoms with Crippen LogP contribution in [0.5, 0.6) is 0 Å². The van der Waals surface area contributed by atoms with Crippen molar-refractivity contribution in [1.82, 2.24) is 20.1 Å². The van der Waals surface area contributed by atoms with E-state index >= 15 is 0 Å². The molecule has 0 bridgehead atoms. The number of nitro groups is 1. The van der Waals surface area contributed by atoms with Gasteiger partial charge in [-0.05, 0) is 48.7 Å². The average Bonchev–Trinajstić information content (AvgIpc) is 3.30. The third-order valence-electron chi connectivity index (χ3n) is 5.52. The van der Waals surface area contributed by atoms with Gasteiger partial charge in [-0.3, -0.25) is 19.5 Å². The minimum absolute atomic E-state index is 0.0267. The number of carbonyl (C=O) groups is 1. The van der Waals surface area contributed by atoms with Gasteiger partial charge in [0, 0.05) is 29.6 Å². The molecule has 3 aromatic carbocycles. The predicted octanol–water partition coefficient (Wildman–Crippen LogP) is 5.83. The number of rotatable bonds is 9. The van der Waals surface area contributed by atoms with E-state index in [0.29, 0.717) is 40.3 Å². The molecule has 1 aromatic heterocycles. The highest BCUT2D eigenvalue weighted by atomic mass is 32.2. The first-order valence-corrected chi connectivity index (χ1v) is 12.6. The number of para-hydroxylation sites is 1. The van der Waals surface area contributed by atoms with Gasteiger partial charge in [-0.25, -0.2) is 0 Å². The number of hydrogen-bond acceptors (Lipinski definition) is 6. The lowest BCUT2D eigenvalue weighted by atomic mass is 10.1. The molecule has 0 saturated carbocycles. The summed E-state index contributed by atoms with van der Waals surface area (Å²) in [4.78, 5) is 23.6. The fourth-order valence-electron chi connectivity index (χ4n) is 3.59. The Bertz CT molecular complexity index is 1370. The Morgan fingerprint density at radius 2 is 1.72 bits per heavy atom. The molecule has 0 aliphatic carbocycles. The van der Waals surface area contributed by atoms with Gasteiger partial charge >= 0.3 is 0 Å². The molecule has 4 aromatic rings. The number of aryl methyl sites for hydroxylation is 1. The number of aromatic nitrogens is 3. The minimum Gasteiger partial charge on any atom is -0.352 e. The Morgan fingerprint density at radius 3 is 2.39 bits per heavy atom. The molecule has 0 aliphatic rings. The van der Waals surface area contributed by atoms with Crippen LogP contribution in [0, 0.1) is 23.0 Å². The van der Waals surface area contributed by atoms with Crippen LogP contribution in [0.4, 0.5) is 5.69 Å². The molecular weight excluding hydrogens is 474 g/mol. The quantitative estimate of drug-likeness (QED) is 0.176. The zero-order valence-corrected chi connectivity index (χ0v) is 21.2. The Labute approximate surface area is 213 Å². The molecule has 9 heteroatoms. The van der Waals surface area contributed by atoms with E-state index in [1.807, 2.05) is 60.0 Å². The zero-order valence-electron chi connectivity index (χ0n) is 20.3. The van der Waals surface area contributed by atoms with Crippen molar-refractivity contribution in [3.8, 4) is 17.1 Å². The van der Waals surface area contributed by atoms with Crippen molar-refractivity contribution in [2.75, 3.05) is 6.54 Å². The highest BCUT2D eigenvalue weighted by Gasteiger charge is 2.23. The monoisotopic (exact) mass is 501 g/mol. The van der Waals surface area contributed by atoms with E-state index in [2.05, 4.69) is 29.4 Å². The maximum absolute atomic E-state index is 12.3. The summed E-state index contributed by atoms with van der Waals surface area (Å²) in [6, 6.07) is 21.9. The van der Waals surface area contributed by atoms with E-state index in [0.717, 1.165) is 16.8 Å². The van der Waals surface area contributed by atoms with Gasteiger partial charge in [-0.1, -0.05) is 67.6 Å². The Hall–Kier alpha value is -3.98. The Morgan fingerprint density at radius 1 is 1.03 bits per heavy atom. The second-order valence-corrected chi connectivity index (χ2v) is 9.78. The van der Waals surface area contributed by atoms with Crippen molar-refractivity contribution < 1.29 is 9.72 Å². The molecule has 184 valence electrons. The van der Waals surface area contributed by atoms with Gasteiger partial charge in [-0.15, -0.1) is 10.2 Å². The molecular formula is C27H27N5O3S. The van der Waals surface area contributed by atoms with E-state index in [9.17, 15) is 14.9 Å². The summed E-state index contributed by atoms with van der Waals surface area (Å²) in [6.07, 6.45) is 0. The van der Waals surface area contributed by atoms with Crippen LogP contribution >= 0.6 is 11.8 Å². The summed E-state index contributed by atoms with van der Waals surface area (Å²) >= 11 is 1.48. The van der Waals surface area contributed by atoms with Crippen molar-refractivity contribution in [2.24, 2.45) is 5.92 Å². The number of hydrogen-bond donors (Lipinski definition) is 1. The van der Waals surface area contributed by atoms with Gasteiger partial charge in [0.25, 0.3) is 11.6 Å². The van der Waals surface area contributed by atoms with Crippen molar-refractivity contribution >= 4 is 23.4 Å². The normalized spacial score (nSPS) is 11.0. The molecule has 0 atom stereocenters. The zero-order chi connectivity index (χ0) is 25.7. The number of nitrogens with zero attached hydrogens (tertiary/aromatic N) is 4. The van der Waals surface area contributed by atoms with Crippen LogP contribution in [0.15, 0.2) is 78.0 Å². The molecule has 1 amide bonds. The molecule has 0 fully saturated rings. The van der Waals surface area contributed by atoms with Crippen LogP contribution in [-0.4, -0.2) is 32.1 Å². The van der Waals surface area contributed by atoms with E-state index < -0.39 is 4.92 Å². The largest absolute Gasteiger partial charge is 0.352 e. The first-order valence-electron chi connectivity index (χ1n) is 11.6. The third-order valence-corrected chi connectivity index (χ3v) is 6.52. The lowest BCUT2D eigenvalue weighted by Crippen LogP contribution is -2.27. The Kier molecular flexibility index (Phi) is 7.80. The maximum atomic E-state index is 12.3. The van der Waals surface area contributed by atoms with Crippen molar-refractivity contribution in [1.29, 1.82) is 0 Å². The summed E-state index contributed by atoms with van der Waals surface area (Å²) in [5, 5.41) is 23.9. The van der Waals surface area contributed by atoms with Gasteiger partial charge in [0.1, 0.15) is 0 Å². The second-order valence-electron chi connectivity index (χ2n) is 8.84. The lowest BCUT2D eigenvalue weighted by Gasteiger charge is -2.11. The van der Waals surface area contributed by atoms with Crippen LogP contribution in [-0.2, 0) is 5.75 Å². The SMILES string of the molecule is Cc1ccc(-n2c(SCc3ccc(C(=O)NCC(C)C)cc3)nnc2-c2ccccc2[N+](=O)[O-])cc1. The van der Waals surface area contributed by atoms with Crippen LogP contribution in [0.2, 0.25) is 0 Å². The molecule has 4 rings (SSSR count). The highest BCUT2D eigenvalue weighted by Crippen LogP contribution is 2.34. The molecule has 1 N–H and O–H groups in total. The first kappa shape index (κ1) is 25.1. The third kappa shape index (κ3) is 5.80. The molecule has 36 heavy (non-hydrogen) atoms. The molecule has 0 unspecified atom stereocenters. The number of nitrogens with one attached hydrogen (secondary N) is 1. The molecule has 0 spiro atoms. The van der Waals surface area contributed by atoms with Crippen molar-refractivity contribution in [2.45, 2.75) is 31.7 Å². The average molecular weight is 502 g/mol. The summed E-state index contributed by atoms with van der Waals surface area (Å²) in [5.41, 5.74) is 3.93. The van der Waals surface area contributed by atoms with E-state index in [-0.39, 0.29) is 11.6 Å². The minimum atomic E-state index is -0.408. The number of nitro benzene ring substituents is 1. The predicted molar refractivity (Wildman–Crippen MR) is 141 cm³/mol. The van der Waals surface area contributed by atoms with Crippen LogP contribution in [0.3, 0.4) is 0 Å². The molecule has 0 aliphatic heterocycles. The summed E-state index contributed by atoms with van der Waals surface area (Å²) in [5.74, 6) is 1.30. The van der Waals surface area contributed by atoms with E-state index in [1.165, 1.54) is 17.8 Å². The van der Waals surface area contributed by atoms with Crippen LogP contribution < -0.4 is 5.32 Å². The van der Waals surface area contributed by atoms with Crippen molar-refractivity contribution in [3.05, 3.63) is 99.6 Å². The van der Waals surface area contributed by atoms with E-state index in [4.69, 9.17) is 0 Å². The maximum Gasteiger partial charge on any atom is 0.280 e. The summed E-state index contributed by atoms with van der Waals surface area (Å²) < 4.78 is 1.85. The standard InChI is InChI=1S/C27H27N5O3S/c1-18(2)16-28-26(33)21-12-10-20(11-13-21)17-36-27-30-29-25(23-6-4-5-7-24(23)32(34)35)31(27)22-14-8-19(3)9-15-22/h4-15,18H,16-17H2,1-3H3,(H,28,33). The first-order chi connectivity index (χ1) is 17.3. The van der Waals surface area contributed by atoms with E-state index in [1.54, 1.807) is 18.2 Å². The topological polar surface area (TPSA) is 103 Å². The van der Waals surface area contributed by atoms with Gasteiger partial charge in [0.2, 0.25) is 0 Å². The van der Waals surface area contributed by atoms with Crippen molar-refractivity contribution in [3.63, 3.8) is 0 Å². The highest BCUT2D eigenvalue weighted by molar-refractivity contribution is 7.98. The molecule has 1 heterocycles. The number of amides is 1. The van der Waals surface area contributed by atoms with Gasteiger partial charge in [-0.2, -0.15) is 0 Å². The fraction of sp³-hybridized carbons (Fsp3) is 0.222. The Balaban J connectivity index is 1.61. The fourth-order valence-corrected chi connectivity index (χ4v) is 4.49. The molecule has 0 saturated heterocycles. The second kappa shape index (κ2) is 11.2. The van der Waals surface area contributed by atoms with Gasteiger partial charge in [0.05, 0.1) is 10.5 Å². The lowest BCUT2D eigenvalue weighted by molar-refractivity contribution is -0.384.